The number of carbonyl (C=O) groups is 1. The molecule has 0 saturated carbocycles. The first-order valence-electron chi connectivity index (χ1n) is 6.41. The molecule has 1 N–H and O–H groups in total. The van der Waals surface area contributed by atoms with Gasteiger partial charge in [-0.3, -0.25) is 4.79 Å². The van der Waals surface area contributed by atoms with Crippen LogP contribution in [0.3, 0.4) is 0 Å². The third kappa shape index (κ3) is 3.52. The molecule has 0 spiro atoms. The van der Waals surface area contributed by atoms with Gasteiger partial charge in [0.05, 0.1) is 18.7 Å². The third-order valence-electron chi connectivity index (χ3n) is 3.13. The molecule has 0 aliphatic rings. The average molecular weight is 308 g/mol. The summed E-state index contributed by atoms with van der Waals surface area (Å²) in [5.74, 6) is -0.475. The minimum Gasteiger partial charge on any atom is -0.496 e. The van der Waals surface area contributed by atoms with E-state index in [2.05, 4.69) is 5.32 Å². The number of methoxy groups -OCH3 is 1. The van der Waals surface area contributed by atoms with Gasteiger partial charge in [0.1, 0.15) is 11.6 Å². The average Bonchev–Trinajstić information content (AvgIpc) is 2.46. The lowest BCUT2D eigenvalue weighted by Crippen LogP contribution is -2.27. The van der Waals surface area contributed by atoms with E-state index in [4.69, 9.17) is 16.3 Å². The molecule has 3 nitrogen and oxygen atoms in total. The Hall–Kier alpha value is -2.07. The summed E-state index contributed by atoms with van der Waals surface area (Å²) in [6.07, 6.45) is 0. The first-order chi connectivity index (χ1) is 10.0. The highest BCUT2D eigenvalue weighted by atomic mass is 35.5. The monoisotopic (exact) mass is 307 g/mol. The van der Waals surface area contributed by atoms with Crippen LogP contribution in [0.2, 0.25) is 5.02 Å². The summed E-state index contributed by atoms with van der Waals surface area (Å²) >= 11 is 5.67. The maximum atomic E-state index is 13.7. The summed E-state index contributed by atoms with van der Waals surface area (Å²) < 4.78 is 19.0. The minimum absolute atomic E-state index is 0.0406. The summed E-state index contributed by atoms with van der Waals surface area (Å²) in [4.78, 5) is 12.1. The number of nitrogens with one attached hydrogen (secondary N) is 1. The Kier molecular flexibility index (Phi) is 4.81. The molecule has 2 aromatic carbocycles. The number of carbonyl (C=O) groups excluding carboxylic acids is 1. The molecule has 0 aromatic heterocycles. The van der Waals surface area contributed by atoms with Crippen molar-refractivity contribution in [1.82, 2.24) is 5.32 Å². The fourth-order valence-electron chi connectivity index (χ4n) is 2.05. The summed E-state index contributed by atoms with van der Waals surface area (Å²) in [5, 5.41) is 3.00. The number of amides is 1. The van der Waals surface area contributed by atoms with Gasteiger partial charge in [-0.15, -0.1) is 0 Å². The lowest BCUT2D eigenvalue weighted by molar-refractivity contribution is 0.0935. The molecule has 0 aliphatic heterocycles. The normalized spacial score (nSPS) is 11.8. The van der Waals surface area contributed by atoms with Crippen molar-refractivity contribution in [3.63, 3.8) is 0 Å². The molecule has 0 aliphatic carbocycles. The highest BCUT2D eigenvalue weighted by Gasteiger charge is 2.17. The van der Waals surface area contributed by atoms with Crippen molar-refractivity contribution < 1.29 is 13.9 Å². The Morgan fingerprint density at radius 1 is 1.29 bits per heavy atom. The molecule has 0 unspecified atom stereocenters. The van der Waals surface area contributed by atoms with E-state index in [0.717, 1.165) is 11.6 Å². The molecule has 0 heterocycles. The quantitative estimate of drug-likeness (QED) is 0.928. The van der Waals surface area contributed by atoms with Crippen LogP contribution in [0.5, 0.6) is 5.75 Å². The summed E-state index contributed by atoms with van der Waals surface area (Å²) in [7, 11) is 1.56. The Bertz CT molecular complexity index is 660. The number of rotatable bonds is 4. The van der Waals surface area contributed by atoms with Crippen molar-refractivity contribution in [1.29, 1.82) is 0 Å². The Labute approximate surface area is 127 Å². The van der Waals surface area contributed by atoms with E-state index in [-0.39, 0.29) is 16.6 Å². The Morgan fingerprint density at radius 3 is 2.67 bits per heavy atom. The van der Waals surface area contributed by atoms with Crippen LogP contribution in [0.1, 0.15) is 28.9 Å². The van der Waals surface area contributed by atoms with Crippen molar-refractivity contribution >= 4 is 17.5 Å². The first kappa shape index (κ1) is 15.3. The fraction of sp³-hybridized carbons (Fsp3) is 0.188. The van der Waals surface area contributed by atoms with Gasteiger partial charge in [-0.2, -0.15) is 0 Å². The van der Waals surface area contributed by atoms with Gasteiger partial charge >= 0.3 is 0 Å². The summed E-state index contributed by atoms with van der Waals surface area (Å²) in [6.45, 7) is 1.81. The number of halogens is 2. The minimum atomic E-state index is -0.646. The van der Waals surface area contributed by atoms with E-state index < -0.39 is 11.7 Å². The summed E-state index contributed by atoms with van der Waals surface area (Å²) in [6, 6.07) is 11.0. The largest absolute Gasteiger partial charge is 0.496 e. The molecule has 0 fully saturated rings. The molecule has 0 radical (unpaired) electrons. The number of para-hydroxylation sites is 1. The number of benzene rings is 2. The maximum Gasteiger partial charge on any atom is 0.254 e. The SMILES string of the molecule is COc1ccccc1[C@@H](C)NC(=O)c1ccc(Cl)cc1F. The third-order valence-corrected chi connectivity index (χ3v) is 3.36. The summed E-state index contributed by atoms with van der Waals surface area (Å²) in [5.41, 5.74) is 0.781. The van der Waals surface area contributed by atoms with Crippen LogP contribution in [-0.2, 0) is 0 Å². The van der Waals surface area contributed by atoms with Gasteiger partial charge in [-0.1, -0.05) is 29.8 Å². The predicted octanol–water partition coefficient (Wildman–Crippen LogP) is 3.98. The maximum absolute atomic E-state index is 13.7. The Morgan fingerprint density at radius 2 is 2.00 bits per heavy atom. The number of hydrogen-bond acceptors (Lipinski definition) is 2. The smallest absolute Gasteiger partial charge is 0.254 e. The molecule has 1 amide bonds. The van der Waals surface area contributed by atoms with E-state index in [1.807, 2.05) is 25.1 Å². The van der Waals surface area contributed by atoms with Crippen LogP contribution in [0.15, 0.2) is 42.5 Å². The first-order valence-corrected chi connectivity index (χ1v) is 6.79. The van der Waals surface area contributed by atoms with Gasteiger partial charge in [-0.05, 0) is 31.2 Å². The van der Waals surface area contributed by atoms with Gasteiger partial charge in [0.15, 0.2) is 0 Å². The molecule has 110 valence electrons. The van der Waals surface area contributed by atoms with Crippen LogP contribution >= 0.6 is 11.6 Å². The lowest BCUT2D eigenvalue weighted by atomic mass is 10.1. The van der Waals surface area contributed by atoms with E-state index >= 15 is 0 Å². The number of ether oxygens (including phenoxy) is 1. The molecule has 2 aromatic rings. The van der Waals surface area contributed by atoms with Crippen LogP contribution in [-0.4, -0.2) is 13.0 Å². The lowest BCUT2D eigenvalue weighted by Gasteiger charge is -2.17. The highest BCUT2D eigenvalue weighted by Crippen LogP contribution is 2.25. The van der Waals surface area contributed by atoms with Gasteiger partial charge in [0, 0.05) is 10.6 Å². The van der Waals surface area contributed by atoms with E-state index in [1.54, 1.807) is 13.2 Å². The molecule has 2 rings (SSSR count). The molecule has 0 saturated heterocycles. The van der Waals surface area contributed by atoms with E-state index in [1.165, 1.54) is 12.1 Å². The van der Waals surface area contributed by atoms with Gasteiger partial charge in [-0.25, -0.2) is 4.39 Å². The molecular formula is C16H15ClFNO2. The zero-order chi connectivity index (χ0) is 15.4. The molecule has 1 atom stereocenters. The fourth-order valence-corrected chi connectivity index (χ4v) is 2.21. The second-order valence-corrected chi connectivity index (χ2v) is 5.00. The molecule has 0 bridgehead atoms. The van der Waals surface area contributed by atoms with Gasteiger partial charge < -0.3 is 10.1 Å². The van der Waals surface area contributed by atoms with Crippen molar-refractivity contribution in [3.05, 3.63) is 64.4 Å². The molecule has 5 heteroatoms. The van der Waals surface area contributed by atoms with Gasteiger partial charge in [0.25, 0.3) is 5.91 Å². The standard InChI is InChI=1S/C16H15ClFNO2/c1-10(12-5-3-4-6-15(12)21-2)19-16(20)13-8-7-11(17)9-14(13)18/h3-10H,1-2H3,(H,19,20)/t10-/m1/s1. The van der Waals surface area contributed by atoms with E-state index in [0.29, 0.717) is 5.75 Å². The topological polar surface area (TPSA) is 38.3 Å². The zero-order valence-electron chi connectivity index (χ0n) is 11.7. The Balaban J connectivity index is 2.19. The molecule has 21 heavy (non-hydrogen) atoms. The molecular weight excluding hydrogens is 293 g/mol. The predicted molar refractivity (Wildman–Crippen MR) is 80.3 cm³/mol. The second-order valence-electron chi connectivity index (χ2n) is 4.56. The highest BCUT2D eigenvalue weighted by molar-refractivity contribution is 6.30. The van der Waals surface area contributed by atoms with Crippen LogP contribution < -0.4 is 10.1 Å². The van der Waals surface area contributed by atoms with Crippen LogP contribution in [0, 0.1) is 5.82 Å². The second kappa shape index (κ2) is 6.59. The van der Waals surface area contributed by atoms with Crippen LogP contribution in [0.4, 0.5) is 4.39 Å². The van der Waals surface area contributed by atoms with Crippen molar-refractivity contribution in [2.45, 2.75) is 13.0 Å². The van der Waals surface area contributed by atoms with E-state index in [9.17, 15) is 9.18 Å². The van der Waals surface area contributed by atoms with Crippen molar-refractivity contribution in [3.8, 4) is 5.75 Å². The van der Waals surface area contributed by atoms with Crippen LogP contribution in [0.25, 0.3) is 0 Å². The number of hydrogen-bond donors (Lipinski definition) is 1. The van der Waals surface area contributed by atoms with Crippen molar-refractivity contribution in [2.75, 3.05) is 7.11 Å². The van der Waals surface area contributed by atoms with Gasteiger partial charge in [0.2, 0.25) is 0 Å². The zero-order valence-corrected chi connectivity index (χ0v) is 12.4. The van der Waals surface area contributed by atoms with Crippen molar-refractivity contribution in [2.24, 2.45) is 0 Å².